The van der Waals surface area contributed by atoms with Gasteiger partial charge in [0.25, 0.3) is 0 Å². The number of hydrogen-bond acceptors (Lipinski definition) is 7. The number of fused-ring (bicyclic) bond motifs is 1. The predicted octanol–water partition coefficient (Wildman–Crippen LogP) is 2.82. The Labute approximate surface area is 220 Å². The molecule has 1 amide bonds. The molecule has 0 saturated carbocycles. The number of amides is 1. The predicted molar refractivity (Wildman–Crippen MR) is 122 cm³/mol. The van der Waals surface area contributed by atoms with Gasteiger partial charge in [0, 0.05) is 58.1 Å². The van der Waals surface area contributed by atoms with Gasteiger partial charge in [-0.1, -0.05) is 0 Å². The van der Waals surface area contributed by atoms with Crippen LogP contribution in [-0.2, 0) is 30.4 Å². The highest BCUT2D eigenvalue weighted by molar-refractivity contribution is 5.76. The third-order valence-corrected chi connectivity index (χ3v) is 5.82. The lowest BCUT2D eigenvalue weighted by atomic mass is 9.73. The maximum atomic E-state index is 11.8. The molecule has 0 spiro atoms. The first-order valence-corrected chi connectivity index (χ1v) is 11.6. The van der Waals surface area contributed by atoms with Gasteiger partial charge in [0.1, 0.15) is 6.61 Å². The summed E-state index contributed by atoms with van der Waals surface area (Å²) in [7, 11) is 3.52. The number of carboxylic acid groups (broad SMARTS) is 2. The molecule has 10 nitrogen and oxygen atoms in total. The Morgan fingerprint density at radius 3 is 2.13 bits per heavy atom. The van der Waals surface area contributed by atoms with Crippen molar-refractivity contribution in [3.05, 3.63) is 30.1 Å². The minimum Gasteiger partial charge on any atom is -0.475 e. The van der Waals surface area contributed by atoms with E-state index in [4.69, 9.17) is 29.3 Å². The molecule has 1 aromatic heterocycles. The van der Waals surface area contributed by atoms with E-state index in [0.717, 1.165) is 45.5 Å². The summed E-state index contributed by atoms with van der Waals surface area (Å²) in [5.74, 6) is -5.51. The number of halogens is 6. The number of piperidine rings is 1. The molecule has 39 heavy (non-hydrogen) atoms. The molecular formula is C23H31F6N3O7. The Bertz CT molecular complexity index is 907. The molecule has 2 aliphatic heterocycles. The Morgan fingerprint density at radius 2 is 1.64 bits per heavy atom. The third kappa shape index (κ3) is 12.2. The monoisotopic (exact) mass is 575 g/mol. The van der Waals surface area contributed by atoms with Gasteiger partial charge in [-0.05, 0) is 37.0 Å². The zero-order chi connectivity index (χ0) is 29.9. The summed E-state index contributed by atoms with van der Waals surface area (Å²) in [5.41, 5.74) is 1.28. The topological polar surface area (TPSA) is 130 Å². The Morgan fingerprint density at radius 1 is 1.10 bits per heavy atom. The minimum absolute atomic E-state index is 0.00385. The quantitative estimate of drug-likeness (QED) is 0.492. The standard InChI is InChI=1S/C19H29N3O3.2C2HF3O2/c1-21(2)18(23)13-24-15-19-7-3-11-25-17(19)6-10-22(14-19)12-16-4-8-20-9-5-16;2*3-2(4,5)1(6)7/h4-5,8-9,17H,3,6-7,10-15H2,1-2H3;2*(H,6,7). The molecule has 2 atom stereocenters. The van der Waals surface area contributed by atoms with Crippen LogP contribution in [0.2, 0.25) is 0 Å². The largest absolute Gasteiger partial charge is 0.490 e. The van der Waals surface area contributed by atoms with Crippen molar-refractivity contribution in [1.29, 1.82) is 0 Å². The smallest absolute Gasteiger partial charge is 0.475 e. The first-order chi connectivity index (χ1) is 18.0. The maximum absolute atomic E-state index is 11.8. The van der Waals surface area contributed by atoms with E-state index in [9.17, 15) is 31.1 Å². The second-order valence-electron chi connectivity index (χ2n) is 9.07. The molecule has 16 heteroatoms. The number of aromatic nitrogens is 1. The van der Waals surface area contributed by atoms with Gasteiger partial charge < -0.3 is 24.6 Å². The van der Waals surface area contributed by atoms with E-state index in [0.29, 0.717) is 6.61 Å². The van der Waals surface area contributed by atoms with E-state index in [1.54, 1.807) is 19.0 Å². The van der Waals surface area contributed by atoms with Crippen LogP contribution >= 0.6 is 0 Å². The van der Waals surface area contributed by atoms with Crippen LogP contribution in [0.5, 0.6) is 0 Å². The van der Waals surface area contributed by atoms with Crippen molar-refractivity contribution in [3.63, 3.8) is 0 Å². The SMILES string of the molecule is CN(C)C(=O)COCC12CCCOC1CCN(Cc1ccncc1)C2.O=C(O)C(F)(F)F.O=C(O)C(F)(F)F. The summed E-state index contributed by atoms with van der Waals surface area (Å²) in [5, 5.41) is 14.2. The van der Waals surface area contributed by atoms with Crippen molar-refractivity contribution in [3.8, 4) is 0 Å². The number of carboxylic acids is 2. The number of rotatable bonds is 6. The molecule has 2 N–H and O–H groups in total. The van der Waals surface area contributed by atoms with Crippen LogP contribution in [0.3, 0.4) is 0 Å². The number of aliphatic carboxylic acids is 2. The van der Waals surface area contributed by atoms with E-state index in [1.807, 2.05) is 12.4 Å². The van der Waals surface area contributed by atoms with Crippen molar-refractivity contribution >= 4 is 17.8 Å². The van der Waals surface area contributed by atoms with Crippen molar-refractivity contribution in [1.82, 2.24) is 14.8 Å². The highest BCUT2D eigenvalue weighted by Crippen LogP contribution is 2.40. The molecule has 3 rings (SSSR count). The van der Waals surface area contributed by atoms with Crippen molar-refractivity contribution in [2.45, 2.75) is 44.3 Å². The molecular weight excluding hydrogens is 544 g/mol. The lowest BCUT2D eigenvalue weighted by Crippen LogP contribution is -2.56. The molecule has 0 radical (unpaired) electrons. The second kappa shape index (κ2) is 15.0. The van der Waals surface area contributed by atoms with Gasteiger partial charge in [0.2, 0.25) is 5.91 Å². The number of likely N-dealkylation sites (tertiary alicyclic amines) is 1. The maximum Gasteiger partial charge on any atom is 0.490 e. The summed E-state index contributed by atoms with van der Waals surface area (Å²) in [6.45, 7) is 4.48. The number of likely N-dealkylation sites (N-methyl/N-ethyl adjacent to an activating group) is 1. The fourth-order valence-corrected chi connectivity index (χ4v) is 3.95. The number of ether oxygens (including phenoxy) is 2. The Balaban J connectivity index is 0.000000449. The normalized spacial score (nSPS) is 21.3. The zero-order valence-corrected chi connectivity index (χ0v) is 21.3. The van der Waals surface area contributed by atoms with Crippen LogP contribution in [0.1, 0.15) is 24.8 Å². The molecule has 3 heterocycles. The fraction of sp³-hybridized carbons (Fsp3) is 0.652. The first-order valence-electron chi connectivity index (χ1n) is 11.6. The van der Waals surface area contributed by atoms with Gasteiger partial charge in [0.15, 0.2) is 0 Å². The van der Waals surface area contributed by atoms with Crippen LogP contribution in [-0.4, -0.2) is 108 Å². The molecule has 2 unspecified atom stereocenters. The molecule has 0 aliphatic carbocycles. The fourth-order valence-electron chi connectivity index (χ4n) is 3.95. The number of nitrogens with zero attached hydrogens (tertiary/aromatic N) is 3. The molecule has 0 aromatic carbocycles. The zero-order valence-electron chi connectivity index (χ0n) is 21.3. The first kappa shape index (κ1) is 34.0. The van der Waals surface area contributed by atoms with Crippen LogP contribution in [0.25, 0.3) is 0 Å². The highest BCUT2D eigenvalue weighted by Gasteiger charge is 2.46. The number of carbonyl (C=O) groups is 3. The van der Waals surface area contributed by atoms with Gasteiger partial charge >= 0.3 is 24.3 Å². The molecule has 222 valence electrons. The summed E-state index contributed by atoms with van der Waals surface area (Å²) in [6, 6.07) is 4.14. The van der Waals surface area contributed by atoms with Crippen LogP contribution in [0, 0.1) is 5.41 Å². The molecule has 2 saturated heterocycles. The van der Waals surface area contributed by atoms with Gasteiger partial charge in [0.05, 0.1) is 12.7 Å². The van der Waals surface area contributed by atoms with Crippen molar-refractivity contribution in [2.24, 2.45) is 5.41 Å². The van der Waals surface area contributed by atoms with E-state index < -0.39 is 24.3 Å². The Hall–Kier alpha value is -2.98. The molecule has 2 fully saturated rings. The van der Waals surface area contributed by atoms with Crippen molar-refractivity contribution in [2.75, 3.05) is 47.0 Å². The lowest BCUT2D eigenvalue weighted by molar-refractivity contribution is -0.193. The van der Waals surface area contributed by atoms with Gasteiger partial charge in [-0.3, -0.25) is 14.7 Å². The van der Waals surface area contributed by atoms with Crippen LogP contribution in [0.15, 0.2) is 24.5 Å². The van der Waals surface area contributed by atoms with E-state index in [-0.39, 0.29) is 24.0 Å². The van der Waals surface area contributed by atoms with E-state index in [2.05, 4.69) is 22.0 Å². The summed E-state index contributed by atoms with van der Waals surface area (Å²) >= 11 is 0. The van der Waals surface area contributed by atoms with Gasteiger partial charge in [-0.2, -0.15) is 26.3 Å². The lowest BCUT2D eigenvalue weighted by Gasteiger charge is -2.50. The average Bonchev–Trinajstić information content (AvgIpc) is 2.84. The molecule has 1 aromatic rings. The number of hydrogen-bond donors (Lipinski definition) is 2. The second-order valence-corrected chi connectivity index (χ2v) is 9.07. The highest BCUT2D eigenvalue weighted by atomic mass is 19.4. The number of pyridine rings is 1. The minimum atomic E-state index is -5.08. The van der Waals surface area contributed by atoms with Gasteiger partial charge in [-0.25, -0.2) is 9.59 Å². The van der Waals surface area contributed by atoms with Crippen molar-refractivity contribution < 1.29 is 60.4 Å². The van der Waals surface area contributed by atoms with E-state index in [1.165, 1.54) is 5.56 Å². The van der Waals surface area contributed by atoms with Crippen LogP contribution < -0.4 is 0 Å². The Kier molecular flexibility index (Phi) is 13.1. The molecule has 0 bridgehead atoms. The summed E-state index contributed by atoms with van der Waals surface area (Å²) in [4.78, 5) is 37.7. The third-order valence-electron chi connectivity index (χ3n) is 5.82. The number of carbonyl (C=O) groups excluding carboxylic acids is 1. The van der Waals surface area contributed by atoms with Crippen LogP contribution in [0.4, 0.5) is 26.3 Å². The van der Waals surface area contributed by atoms with Gasteiger partial charge in [-0.15, -0.1) is 0 Å². The summed E-state index contributed by atoms with van der Waals surface area (Å²) in [6.07, 6.45) is -3.06. The average molecular weight is 576 g/mol. The van der Waals surface area contributed by atoms with E-state index >= 15 is 0 Å². The number of alkyl halides is 6. The summed E-state index contributed by atoms with van der Waals surface area (Å²) < 4.78 is 75.4. The molecule has 2 aliphatic rings.